The second-order valence-corrected chi connectivity index (χ2v) is 6.68. The van der Waals surface area contributed by atoms with Crippen LogP contribution in [0.1, 0.15) is 12.5 Å². The molecule has 0 radical (unpaired) electrons. The molecule has 6 heteroatoms. The van der Waals surface area contributed by atoms with Crippen LogP contribution in [0.25, 0.3) is 0 Å². The lowest BCUT2D eigenvalue weighted by molar-refractivity contribution is -0.126. The van der Waals surface area contributed by atoms with Gasteiger partial charge in [-0.25, -0.2) is 0 Å². The number of fused-ring (bicyclic) bond motifs is 1. The van der Waals surface area contributed by atoms with Crippen molar-refractivity contribution < 1.29 is 19.0 Å². The molecule has 144 valence electrons. The molecule has 2 aromatic rings. The van der Waals surface area contributed by atoms with Crippen molar-refractivity contribution in [3.05, 3.63) is 54.1 Å². The minimum absolute atomic E-state index is 0.0227. The van der Waals surface area contributed by atoms with Crippen molar-refractivity contribution in [2.24, 2.45) is 0 Å². The van der Waals surface area contributed by atoms with Crippen LogP contribution in [0.15, 0.2) is 48.5 Å². The predicted octanol–water partition coefficient (Wildman–Crippen LogP) is 2.47. The number of rotatable bonds is 7. The smallest absolute Gasteiger partial charge is 0.237 e. The van der Waals surface area contributed by atoms with Crippen LogP contribution in [0.2, 0.25) is 0 Å². The molecular weight excluding hydrogens is 344 g/mol. The number of methoxy groups -OCH3 is 1. The normalized spacial score (nSPS) is 16.7. The number of carbonyl (C=O) groups excluding carboxylic acids is 1. The van der Waals surface area contributed by atoms with Gasteiger partial charge in [0.05, 0.1) is 13.2 Å². The van der Waals surface area contributed by atoms with Crippen LogP contribution in [0.3, 0.4) is 0 Å². The molecule has 0 aromatic heterocycles. The van der Waals surface area contributed by atoms with E-state index in [0.717, 1.165) is 22.8 Å². The second-order valence-electron chi connectivity index (χ2n) is 6.68. The molecule has 0 bridgehead atoms. The summed E-state index contributed by atoms with van der Waals surface area (Å²) in [6.07, 6.45) is -0.110. The summed E-state index contributed by atoms with van der Waals surface area (Å²) < 4.78 is 16.9. The van der Waals surface area contributed by atoms with E-state index in [1.165, 1.54) is 0 Å². The maximum Gasteiger partial charge on any atom is 0.237 e. The van der Waals surface area contributed by atoms with Gasteiger partial charge in [-0.15, -0.1) is 0 Å². The van der Waals surface area contributed by atoms with E-state index in [2.05, 4.69) is 5.32 Å². The summed E-state index contributed by atoms with van der Waals surface area (Å²) in [5.41, 5.74) is 1.03. The Morgan fingerprint density at radius 1 is 1.22 bits per heavy atom. The number of nitrogens with zero attached hydrogens (tertiary/aromatic N) is 1. The predicted molar refractivity (Wildman–Crippen MR) is 103 cm³/mol. The van der Waals surface area contributed by atoms with Gasteiger partial charge in [0, 0.05) is 13.1 Å². The van der Waals surface area contributed by atoms with Crippen molar-refractivity contribution >= 4 is 5.91 Å². The molecule has 3 rings (SSSR count). The highest BCUT2D eigenvalue weighted by molar-refractivity contribution is 5.81. The Bertz CT molecular complexity index is 763. The van der Waals surface area contributed by atoms with Crippen molar-refractivity contribution in [2.45, 2.75) is 25.6 Å². The Morgan fingerprint density at radius 3 is 2.63 bits per heavy atom. The van der Waals surface area contributed by atoms with Gasteiger partial charge in [0.1, 0.15) is 18.5 Å². The van der Waals surface area contributed by atoms with E-state index >= 15 is 0 Å². The summed E-state index contributed by atoms with van der Waals surface area (Å²) >= 11 is 0. The maximum absolute atomic E-state index is 12.5. The van der Waals surface area contributed by atoms with Gasteiger partial charge in [0.15, 0.2) is 11.5 Å². The molecule has 0 aliphatic carbocycles. The minimum Gasteiger partial charge on any atom is -0.497 e. The van der Waals surface area contributed by atoms with Gasteiger partial charge in [0.2, 0.25) is 5.91 Å². The van der Waals surface area contributed by atoms with Gasteiger partial charge >= 0.3 is 0 Å². The molecule has 2 aromatic carbocycles. The average molecular weight is 370 g/mol. The Labute approximate surface area is 160 Å². The molecule has 0 spiro atoms. The molecular formula is C21H26N2O4. The Hall–Kier alpha value is -2.73. The lowest BCUT2D eigenvalue weighted by atomic mass is 10.2. The minimum atomic E-state index is -0.274. The SMILES string of the molecule is COc1ccc(CNC(=O)C(C)N(C)CC2COc3ccccc3O2)cc1. The molecule has 2 unspecified atom stereocenters. The Balaban J connectivity index is 1.47. The fraction of sp³-hybridized carbons (Fsp3) is 0.381. The van der Waals surface area contributed by atoms with Crippen LogP contribution < -0.4 is 19.5 Å². The van der Waals surface area contributed by atoms with E-state index in [-0.39, 0.29) is 18.1 Å². The summed E-state index contributed by atoms with van der Waals surface area (Å²) in [5, 5.41) is 2.98. The third-order valence-corrected chi connectivity index (χ3v) is 4.73. The summed E-state index contributed by atoms with van der Waals surface area (Å²) in [4.78, 5) is 14.4. The van der Waals surface area contributed by atoms with Crippen molar-refractivity contribution in [1.29, 1.82) is 0 Å². The standard InChI is InChI=1S/C21H26N2O4/c1-15(21(24)22-12-16-8-10-17(25-3)11-9-16)23(2)13-18-14-26-19-6-4-5-7-20(19)27-18/h4-11,15,18H,12-14H2,1-3H3,(H,22,24). The first-order chi connectivity index (χ1) is 13.1. The zero-order valence-electron chi connectivity index (χ0n) is 16.0. The summed E-state index contributed by atoms with van der Waals surface area (Å²) in [6.45, 7) is 3.45. The lowest BCUT2D eigenvalue weighted by Gasteiger charge is -2.31. The monoisotopic (exact) mass is 370 g/mol. The summed E-state index contributed by atoms with van der Waals surface area (Å²) in [5.74, 6) is 2.29. The number of amides is 1. The summed E-state index contributed by atoms with van der Waals surface area (Å²) in [6, 6.07) is 15.0. The molecule has 0 saturated carbocycles. The highest BCUT2D eigenvalue weighted by atomic mass is 16.6. The van der Waals surface area contributed by atoms with Crippen molar-refractivity contribution in [3.63, 3.8) is 0 Å². The molecule has 0 saturated heterocycles. The number of ether oxygens (including phenoxy) is 3. The van der Waals surface area contributed by atoms with E-state index < -0.39 is 0 Å². The van der Waals surface area contributed by atoms with E-state index in [1.807, 2.05) is 67.4 Å². The van der Waals surface area contributed by atoms with Gasteiger partial charge in [0.25, 0.3) is 0 Å². The molecule has 27 heavy (non-hydrogen) atoms. The van der Waals surface area contributed by atoms with Gasteiger partial charge in [-0.05, 0) is 43.8 Å². The van der Waals surface area contributed by atoms with Crippen molar-refractivity contribution in [3.8, 4) is 17.2 Å². The zero-order chi connectivity index (χ0) is 19.2. The van der Waals surface area contributed by atoms with Crippen LogP contribution in [-0.2, 0) is 11.3 Å². The van der Waals surface area contributed by atoms with Gasteiger partial charge in [-0.2, -0.15) is 0 Å². The highest BCUT2D eigenvalue weighted by Gasteiger charge is 2.25. The van der Waals surface area contributed by atoms with Crippen LogP contribution >= 0.6 is 0 Å². The van der Waals surface area contributed by atoms with Crippen LogP contribution in [-0.4, -0.2) is 50.3 Å². The molecule has 2 atom stereocenters. The third kappa shape index (κ3) is 4.92. The molecule has 1 aliphatic heterocycles. The van der Waals surface area contributed by atoms with Crippen LogP contribution in [0, 0.1) is 0 Å². The Morgan fingerprint density at radius 2 is 1.93 bits per heavy atom. The Kier molecular flexibility index (Phi) is 6.19. The summed E-state index contributed by atoms with van der Waals surface area (Å²) in [7, 11) is 3.55. The quantitative estimate of drug-likeness (QED) is 0.811. The number of nitrogens with one attached hydrogen (secondary N) is 1. The molecule has 1 amide bonds. The second kappa shape index (κ2) is 8.77. The third-order valence-electron chi connectivity index (χ3n) is 4.73. The van der Waals surface area contributed by atoms with E-state index in [9.17, 15) is 4.79 Å². The number of benzene rings is 2. The number of hydrogen-bond donors (Lipinski definition) is 1. The first-order valence-corrected chi connectivity index (χ1v) is 9.06. The topological polar surface area (TPSA) is 60.0 Å². The molecule has 0 fully saturated rings. The number of para-hydroxylation sites is 2. The molecule has 1 heterocycles. The average Bonchev–Trinajstić information content (AvgIpc) is 2.71. The van der Waals surface area contributed by atoms with E-state index in [4.69, 9.17) is 14.2 Å². The molecule has 1 aliphatic rings. The molecule has 1 N–H and O–H groups in total. The fourth-order valence-corrected chi connectivity index (χ4v) is 2.91. The van der Waals surface area contributed by atoms with E-state index in [1.54, 1.807) is 7.11 Å². The fourth-order valence-electron chi connectivity index (χ4n) is 2.91. The lowest BCUT2D eigenvalue weighted by Crippen LogP contribution is -2.48. The van der Waals surface area contributed by atoms with E-state index in [0.29, 0.717) is 19.7 Å². The molecule has 6 nitrogen and oxygen atoms in total. The highest BCUT2D eigenvalue weighted by Crippen LogP contribution is 2.31. The number of likely N-dealkylation sites (N-methyl/N-ethyl adjacent to an activating group) is 1. The van der Waals surface area contributed by atoms with Crippen molar-refractivity contribution in [2.75, 3.05) is 27.3 Å². The maximum atomic E-state index is 12.5. The first-order valence-electron chi connectivity index (χ1n) is 9.06. The zero-order valence-corrected chi connectivity index (χ0v) is 16.0. The largest absolute Gasteiger partial charge is 0.497 e. The van der Waals surface area contributed by atoms with Crippen LogP contribution in [0.4, 0.5) is 0 Å². The first kappa shape index (κ1) is 19.0. The van der Waals surface area contributed by atoms with Crippen molar-refractivity contribution in [1.82, 2.24) is 10.2 Å². The van der Waals surface area contributed by atoms with Crippen LogP contribution in [0.5, 0.6) is 17.2 Å². The number of carbonyl (C=O) groups is 1. The van der Waals surface area contributed by atoms with Gasteiger partial charge < -0.3 is 19.5 Å². The number of hydrogen-bond acceptors (Lipinski definition) is 5. The van der Waals surface area contributed by atoms with Gasteiger partial charge in [-0.3, -0.25) is 9.69 Å². The van der Waals surface area contributed by atoms with Gasteiger partial charge in [-0.1, -0.05) is 24.3 Å².